The van der Waals surface area contributed by atoms with E-state index in [4.69, 9.17) is 10.5 Å². The smallest absolute Gasteiger partial charge is 0.205 e. The first-order valence-corrected chi connectivity index (χ1v) is 7.03. The minimum atomic E-state index is 0.518. The van der Waals surface area contributed by atoms with E-state index in [9.17, 15) is 0 Å². The summed E-state index contributed by atoms with van der Waals surface area (Å²) in [6.45, 7) is 2.73. The van der Waals surface area contributed by atoms with Gasteiger partial charge in [0.2, 0.25) is 5.95 Å². The predicted octanol–water partition coefficient (Wildman–Crippen LogP) is 3.11. The van der Waals surface area contributed by atoms with Crippen molar-refractivity contribution < 1.29 is 4.74 Å². The molecule has 4 nitrogen and oxygen atoms in total. The average Bonchev–Trinajstić information content (AvgIpc) is 2.83. The van der Waals surface area contributed by atoms with Crippen molar-refractivity contribution in [3.05, 3.63) is 53.6 Å². The van der Waals surface area contributed by atoms with Gasteiger partial charge in [-0.2, -0.15) is 0 Å². The fourth-order valence-corrected chi connectivity index (χ4v) is 2.66. The van der Waals surface area contributed by atoms with Crippen molar-refractivity contribution in [3.8, 4) is 5.69 Å². The molecule has 3 rings (SSSR count). The van der Waals surface area contributed by atoms with Crippen LogP contribution in [0.2, 0.25) is 0 Å². The summed E-state index contributed by atoms with van der Waals surface area (Å²) in [5, 5.41) is 0. The molecule has 0 bridgehead atoms. The third kappa shape index (κ3) is 2.38. The lowest BCUT2D eigenvalue weighted by molar-refractivity contribution is 0.202. The van der Waals surface area contributed by atoms with Crippen molar-refractivity contribution in [1.82, 2.24) is 9.55 Å². The van der Waals surface area contributed by atoms with Crippen molar-refractivity contribution in [1.29, 1.82) is 0 Å². The van der Waals surface area contributed by atoms with E-state index in [1.807, 2.05) is 22.8 Å². The number of hydrogen-bond acceptors (Lipinski definition) is 3. The number of aromatic nitrogens is 2. The molecule has 2 N–H and O–H groups in total. The van der Waals surface area contributed by atoms with Gasteiger partial charge in [-0.3, -0.25) is 4.57 Å². The van der Waals surface area contributed by atoms with Gasteiger partial charge in [0.1, 0.15) is 0 Å². The first-order valence-electron chi connectivity index (χ1n) is 7.03. The Labute approximate surface area is 124 Å². The van der Waals surface area contributed by atoms with Gasteiger partial charge in [0, 0.05) is 7.11 Å². The lowest BCUT2D eigenvalue weighted by Gasteiger charge is -2.12. The van der Waals surface area contributed by atoms with Crippen LogP contribution in [-0.2, 0) is 11.2 Å². The number of anilines is 1. The highest BCUT2D eigenvalue weighted by Gasteiger charge is 2.13. The summed E-state index contributed by atoms with van der Waals surface area (Å²) in [7, 11) is 1.72. The number of para-hydroxylation sites is 2. The summed E-state index contributed by atoms with van der Waals surface area (Å²) >= 11 is 0. The molecular formula is C17H19N3O. The van der Waals surface area contributed by atoms with Crippen LogP contribution in [0, 0.1) is 6.92 Å². The van der Waals surface area contributed by atoms with Crippen LogP contribution in [-0.4, -0.2) is 23.3 Å². The zero-order valence-corrected chi connectivity index (χ0v) is 12.3. The van der Waals surface area contributed by atoms with E-state index in [-0.39, 0.29) is 0 Å². The van der Waals surface area contributed by atoms with Crippen LogP contribution >= 0.6 is 0 Å². The Morgan fingerprint density at radius 3 is 2.76 bits per heavy atom. The Kier molecular flexibility index (Phi) is 3.62. The number of ether oxygens (including phenoxy) is 1. The topological polar surface area (TPSA) is 53.1 Å². The molecule has 1 aromatic heterocycles. The summed E-state index contributed by atoms with van der Waals surface area (Å²) < 4.78 is 7.22. The van der Waals surface area contributed by atoms with Crippen molar-refractivity contribution in [2.24, 2.45) is 0 Å². The highest BCUT2D eigenvalue weighted by Crippen LogP contribution is 2.27. The molecular weight excluding hydrogens is 262 g/mol. The maximum absolute atomic E-state index is 6.17. The second-order valence-corrected chi connectivity index (χ2v) is 5.12. The summed E-state index contributed by atoms with van der Waals surface area (Å²) in [5.41, 5.74) is 11.6. The van der Waals surface area contributed by atoms with E-state index in [1.165, 1.54) is 5.56 Å². The molecule has 0 aliphatic heterocycles. The minimum Gasteiger partial charge on any atom is -0.384 e. The number of nitrogens with zero attached hydrogens (tertiary/aromatic N) is 2. The molecule has 0 amide bonds. The van der Waals surface area contributed by atoms with Crippen LogP contribution in [0.15, 0.2) is 42.5 Å². The molecule has 0 saturated heterocycles. The average molecular weight is 281 g/mol. The first kappa shape index (κ1) is 13.6. The number of nitrogens with two attached hydrogens (primary N) is 1. The molecule has 2 aromatic carbocycles. The number of imidazole rings is 1. The molecule has 0 aliphatic carbocycles. The molecule has 0 saturated carbocycles. The highest BCUT2D eigenvalue weighted by molar-refractivity contribution is 5.83. The molecule has 0 spiro atoms. The zero-order valence-electron chi connectivity index (χ0n) is 12.3. The highest BCUT2D eigenvalue weighted by atomic mass is 16.5. The number of rotatable bonds is 4. The molecule has 0 radical (unpaired) electrons. The maximum Gasteiger partial charge on any atom is 0.205 e. The Bertz CT molecular complexity index is 777. The summed E-state index contributed by atoms with van der Waals surface area (Å²) in [6.07, 6.45) is 0.845. The van der Waals surface area contributed by atoms with Gasteiger partial charge in [-0.25, -0.2) is 4.98 Å². The third-order valence-electron chi connectivity index (χ3n) is 3.72. The SMILES string of the molecule is COCCc1ccccc1-n1c(N)nc2c(C)cccc21. The molecule has 0 aliphatic rings. The van der Waals surface area contributed by atoms with E-state index in [0.29, 0.717) is 12.6 Å². The van der Waals surface area contributed by atoms with E-state index < -0.39 is 0 Å². The molecule has 0 fully saturated rings. The number of aryl methyl sites for hydroxylation is 1. The van der Waals surface area contributed by atoms with Crippen LogP contribution in [0.4, 0.5) is 5.95 Å². The zero-order chi connectivity index (χ0) is 14.8. The van der Waals surface area contributed by atoms with Gasteiger partial charge in [-0.05, 0) is 36.6 Å². The molecule has 1 heterocycles. The summed E-state index contributed by atoms with van der Waals surface area (Å²) in [6, 6.07) is 14.4. The Morgan fingerprint density at radius 1 is 1.14 bits per heavy atom. The third-order valence-corrected chi connectivity index (χ3v) is 3.72. The Hall–Kier alpha value is -2.33. The molecule has 3 aromatic rings. The van der Waals surface area contributed by atoms with E-state index in [0.717, 1.165) is 28.7 Å². The van der Waals surface area contributed by atoms with Crippen LogP contribution in [0.3, 0.4) is 0 Å². The van der Waals surface area contributed by atoms with E-state index >= 15 is 0 Å². The Balaban J connectivity index is 2.21. The largest absolute Gasteiger partial charge is 0.384 e. The number of methoxy groups -OCH3 is 1. The molecule has 4 heteroatoms. The molecule has 21 heavy (non-hydrogen) atoms. The van der Waals surface area contributed by atoms with Crippen LogP contribution in [0.5, 0.6) is 0 Å². The van der Waals surface area contributed by atoms with Gasteiger partial charge in [0.05, 0.1) is 23.3 Å². The van der Waals surface area contributed by atoms with Crippen LogP contribution < -0.4 is 5.73 Å². The lowest BCUT2D eigenvalue weighted by Crippen LogP contribution is -2.05. The number of fused-ring (bicyclic) bond motifs is 1. The summed E-state index contributed by atoms with van der Waals surface area (Å²) in [5.74, 6) is 0.518. The number of nitrogen functional groups attached to an aromatic ring is 1. The van der Waals surface area contributed by atoms with Crippen LogP contribution in [0.25, 0.3) is 16.7 Å². The number of hydrogen-bond donors (Lipinski definition) is 1. The minimum absolute atomic E-state index is 0.518. The van der Waals surface area contributed by atoms with E-state index in [1.54, 1.807) is 7.11 Å². The standard InChI is InChI=1S/C17H19N3O/c1-12-6-5-9-15-16(12)19-17(18)20(15)14-8-4-3-7-13(14)10-11-21-2/h3-9H,10-11H2,1-2H3,(H2,18,19). The van der Waals surface area contributed by atoms with Crippen molar-refractivity contribution in [2.75, 3.05) is 19.5 Å². The van der Waals surface area contributed by atoms with Crippen molar-refractivity contribution in [3.63, 3.8) is 0 Å². The molecule has 0 atom stereocenters. The van der Waals surface area contributed by atoms with Gasteiger partial charge in [0.25, 0.3) is 0 Å². The molecule has 0 unspecified atom stereocenters. The monoisotopic (exact) mass is 281 g/mol. The quantitative estimate of drug-likeness (QED) is 0.799. The van der Waals surface area contributed by atoms with Gasteiger partial charge < -0.3 is 10.5 Å². The summed E-state index contributed by atoms with van der Waals surface area (Å²) in [4.78, 5) is 4.52. The van der Waals surface area contributed by atoms with Gasteiger partial charge >= 0.3 is 0 Å². The molecule has 108 valence electrons. The van der Waals surface area contributed by atoms with Gasteiger partial charge in [0.15, 0.2) is 0 Å². The van der Waals surface area contributed by atoms with E-state index in [2.05, 4.69) is 36.2 Å². The lowest BCUT2D eigenvalue weighted by atomic mass is 10.1. The number of benzene rings is 2. The van der Waals surface area contributed by atoms with Crippen LogP contribution in [0.1, 0.15) is 11.1 Å². The van der Waals surface area contributed by atoms with Gasteiger partial charge in [-0.15, -0.1) is 0 Å². The maximum atomic E-state index is 6.17. The van der Waals surface area contributed by atoms with Crippen molar-refractivity contribution >= 4 is 17.0 Å². The van der Waals surface area contributed by atoms with Gasteiger partial charge in [-0.1, -0.05) is 30.3 Å². The Morgan fingerprint density at radius 2 is 1.95 bits per heavy atom. The van der Waals surface area contributed by atoms with Crippen molar-refractivity contribution in [2.45, 2.75) is 13.3 Å². The second kappa shape index (κ2) is 5.58. The first-order chi connectivity index (χ1) is 10.2. The normalized spacial score (nSPS) is 11.1. The second-order valence-electron chi connectivity index (χ2n) is 5.12. The fraction of sp³-hybridized carbons (Fsp3) is 0.235. The predicted molar refractivity (Wildman–Crippen MR) is 85.8 cm³/mol. The fourth-order valence-electron chi connectivity index (χ4n) is 2.66.